The maximum atomic E-state index is 9.63. The second-order valence-electron chi connectivity index (χ2n) is 3.50. The normalized spacial score (nSPS) is 11.4. The molecule has 3 nitrogen and oxygen atoms in total. The van der Waals surface area contributed by atoms with Crippen molar-refractivity contribution in [3.63, 3.8) is 0 Å². The molecule has 0 bridgehead atoms. The van der Waals surface area contributed by atoms with Crippen LogP contribution in [-0.4, -0.2) is 15.3 Å². The second-order valence-corrected chi connectivity index (χ2v) is 3.50. The summed E-state index contributed by atoms with van der Waals surface area (Å²) in [6, 6.07) is 10.9. The van der Waals surface area contributed by atoms with Crippen LogP contribution in [0.2, 0.25) is 0 Å². The highest BCUT2D eigenvalue weighted by Crippen LogP contribution is 2.21. The predicted octanol–water partition coefficient (Wildman–Crippen LogP) is 2.74. The van der Waals surface area contributed by atoms with Gasteiger partial charge in [-0.3, -0.25) is 0 Å². The van der Waals surface area contributed by atoms with Crippen molar-refractivity contribution in [1.29, 1.82) is 0 Å². The monoisotopic (exact) mass is 212 g/mol. The zero-order valence-corrected chi connectivity index (χ0v) is 8.96. The fraction of sp³-hybridized carbons (Fsp3) is 0.0769. The Hall–Kier alpha value is -2.16. The molecule has 80 valence electrons. The molecule has 3 heteroatoms. The maximum absolute atomic E-state index is 9.63. The lowest BCUT2D eigenvalue weighted by Crippen LogP contribution is -1.87. The Labute approximate surface area is 94.1 Å². The van der Waals surface area contributed by atoms with E-state index < -0.39 is 0 Å². The SMILES string of the molecule is C/C(=C\c1ccccc1O)c1cccnn1. The Morgan fingerprint density at radius 2 is 2.00 bits per heavy atom. The van der Waals surface area contributed by atoms with Crippen molar-refractivity contribution < 1.29 is 5.11 Å². The predicted molar refractivity (Wildman–Crippen MR) is 63.7 cm³/mol. The number of nitrogens with zero attached hydrogens (tertiary/aromatic N) is 2. The summed E-state index contributed by atoms with van der Waals surface area (Å²) < 4.78 is 0. The average Bonchev–Trinajstić information content (AvgIpc) is 2.33. The van der Waals surface area contributed by atoms with Gasteiger partial charge in [-0.15, -0.1) is 0 Å². The fourth-order valence-corrected chi connectivity index (χ4v) is 1.43. The van der Waals surface area contributed by atoms with Gasteiger partial charge in [-0.05, 0) is 36.8 Å². The van der Waals surface area contributed by atoms with E-state index in [2.05, 4.69) is 10.2 Å². The molecular formula is C13H12N2O. The van der Waals surface area contributed by atoms with Gasteiger partial charge in [0.15, 0.2) is 0 Å². The van der Waals surface area contributed by atoms with Crippen molar-refractivity contribution in [3.05, 3.63) is 53.9 Å². The zero-order valence-electron chi connectivity index (χ0n) is 8.96. The van der Waals surface area contributed by atoms with Crippen molar-refractivity contribution in [2.45, 2.75) is 6.92 Å². The summed E-state index contributed by atoms with van der Waals surface area (Å²) in [7, 11) is 0. The van der Waals surface area contributed by atoms with Gasteiger partial charge in [0.25, 0.3) is 0 Å². The third-order valence-corrected chi connectivity index (χ3v) is 2.29. The van der Waals surface area contributed by atoms with Crippen LogP contribution < -0.4 is 0 Å². The van der Waals surface area contributed by atoms with Gasteiger partial charge in [-0.25, -0.2) is 0 Å². The molecule has 2 aromatic rings. The van der Waals surface area contributed by atoms with E-state index in [4.69, 9.17) is 0 Å². The molecule has 0 aliphatic rings. The molecule has 0 radical (unpaired) electrons. The van der Waals surface area contributed by atoms with E-state index in [-0.39, 0.29) is 5.75 Å². The van der Waals surface area contributed by atoms with Crippen molar-refractivity contribution in [3.8, 4) is 5.75 Å². The van der Waals surface area contributed by atoms with Crippen LogP contribution in [0.4, 0.5) is 0 Å². The lowest BCUT2D eigenvalue weighted by atomic mass is 10.1. The Balaban J connectivity index is 2.36. The van der Waals surface area contributed by atoms with Crippen molar-refractivity contribution in [2.75, 3.05) is 0 Å². The molecule has 16 heavy (non-hydrogen) atoms. The first-order chi connectivity index (χ1) is 7.77. The van der Waals surface area contributed by atoms with Gasteiger partial charge in [-0.2, -0.15) is 10.2 Å². The van der Waals surface area contributed by atoms with E-state index in [1.54, 1.807) is 18.3 Å². The molecule has 0 unspecified atom stereocenters. The Morgan fingerprint density at radius 1 is 1.19 bits per heavy atom. The summed E-state index contributed by atoms with van der Waals surface area (Å²) in [4.78, 5) is 0. The lowest BCUT2D eigenvalue weighted by molar-refractivity contribution is 0.474. The lowest BCUT2D eigenvalue weighted by Gasteiger charge is -2.01. The number of hydrogen-bond acceptors (Lipinski definition) is 3. The average molecular weight is 212 g/mol. The number of phenolic OH excluding ortho intramolecular Hbond substituents is 1. The van der Waals surface area contributed by atoms with E-state index >= 15 is 0 Å². The quantitative estimate of drug-likeness (QED) is 0.832. The van der Waals surface area contributed by atoms with Gasteiger partial charge in [0.05, 0.1) is 5.69 Å². The molecule has 1 aromatic heterocycles. The molecule has 0 atom stereocenters. The molecule has 0 amide bonds. The Morgan fingerprint density at radius 3 is 2.69 bits per heavy atom. The summed E-state index contributed by atoms with van der Waals surface area (Å²) in [5.74, 6) is 0.269. The largest absolute Gasteiger partial charge is 0.507 e. The minimum Gasteiger partial charge on any atom is -0.507 e. The molecule has 1 heterocycles. The highest BCUT2D eigenvalue weighted by molar-refractivity contribution is 5.80. The minimum absolute atomic E-state index is 0.269. The zero-order chi connectivity index (χ0) is 11.4. The molecule has 0 fully saturated rings. The van der Waals surface area contributed by atoms with E-state index in [1.165, 1.54) is 0 Å². The number of para-hydroxylation sites is 1. The highest BCUT2D eigenvalue weighted by Gasteiger charge is 2.00. The van der Waals surface area contributed by atoms with Gasteiger partial charge in [0, 0.05) is 11.8 Å². The summed E-state index contributed by atoms with van der Waals surface area (Å²) in [5, 5.41) is 17.4. The number of hydrogen-bond donors (Lipinski definition) is 1. The molecule has 1 aromatic carbocycles. The Kier molecular flexibility index (Phi) is 2.96. The van der Waals surface area contributed by atoms with Crippen molar-refractivity contribution in [2.24, 2.45) is 0 Å². The second kappa shape index (κ2) is 4.57. The minimum atomic E-state index is 0.269. The van der Waals surface area contributed by atoms with Gasteiger partial charge in [-0.1, -0.05) is 18.2 Å². The molecule has 2 rings (SSSR count). The number of rotatable bonds is 2. The number of phenols is 1. The first-order valence-corrected chi connectivity index (χ1v) is 5.02. The van der Waals surface area contributed by atoms with Crippen LogP contribution in [0.5, 0.6) is 5.75 Å². The maximum Gasteiger partial charge on any atom is 0.122 e. The molecule has 0 saturated carbocycles. The molecule has 1 N–H and O–H groups in total. The van der Waals surface area contributed by atoms with Crippen LogP contribution >= 0.6 is 0 Å². The van der Waals surface area contributed by atoms with Gasteiger partial charge >= 0.3 is 0 Å². The molecule has 0 spiro atoms. The van der Waals surface area contributed by atoms with Crippen LogP contribution in [0.25, 0.3) is 11.6 Å². The third kappa shape index (κ3) is 2.25. The summed E-state index contributed by atoms with van der Waals surface area (Å²) in [6.45, 7) is 1.94. The van der Waals surface area contributed by atoms with E-state index in [0.29, 0.717) is 0 Å². The Bertz CT molecular complexity index is 506. The van der Waals surface area contributed by atoms with Gasteiger partial charge in [0.1, 0.15) is 5.75 Å². The van der Waals surface area contributed by atoms with Crippen LogP contribution in [0.15, 0.2) is 42.6 Å². The summed E-state index contributed by atoms with van der Waals surface area (Å²) >= 11 is 0. The van der Waals surface area contributed by atoms with Crippen LogP contribution in [0.3, 0.4) is 0 Å². The summed E-state index contributed by atoms with van der Waals surface area (Å²) in [5.41, 5.74) is 2.56. The first-order valence-electron chi connectivity index (χ1n) is 5.02. The molecule has 0 aliphatic heterocycles. The van der Waals surface area contributed by atoms with E-state index in [1.807, 2.05) is 37.3 Å². The van der Waals surface area contributed by atoms with E-state index in [9.17, 15) is 5.11 Å². The number of aromatic nitrogens is 2. The first kappa shape index (κ1) is 10.4. The number of allylic oxidation sites excluding steroid dienone is 1. The fourth-order valence-electron chi connectivity index (χ4n) is 1.43. The standard InChI is InChI=1S/C13H12N2O/c1-10(12-6-4-8-14-15-12)9-11-5-2-3-7-13(11)16/h2-9,16H,1H3/b10-9+. The molecular weight excluding hydrogens is 200 g/mol. The smallest absolute Gasteiger partial charge is 0.122 e. The van der Waals surface area contributed by atoms with Gasteiger partial charge in [0.2, 0.25) is 0 Å². The van der Waals surface area contributed by atoms with Crippen LogP contribution in [0.1, 0.15) is 18.2 Å². The van der Waals surface area contributed by atoms with E-state index in [0.717, 1.165) is 16.8 Å². The topological polar surface area (TPSA) is 46.0 Å². The third-order valence-electron chi connectivity index (χ3n) is 2.29. The summed E-state index contributed by atoms with van der Waals surface area (Å²) in [6.07, 6.45) is 3.52. The van der Waals surface area contributed by atoms with Crippen LogP contribution in [-0.2, 0) is 0 Å². The van der Waals surface area contributed by atoms with Crippen LogP contribution in [0, 0.1) is 0 Å². The highest BCUT2D eigenvalue weighted by atomic mass is 16.3. The van der Waals surface area contributed by atoms with Crippen molar-refractivity contribution >= 4 is 11.6 Å². The van der Waals surface area contributed by atoms with Crippen molar-refractivity contribution in [1.82, 2.24) is 10.2 Å². The number of benzene rings is 1. The number of aromatic hydroxyl groups is 1. The molecule has 0 aliphatic carbocycles. The van der Waals surface area contributed by atoms with Gasteiger partial charge < -0.3 is 5.11 Å². The molecule has 0 saturated heterocycles.